The smallest absolute Gasteiger partial charge is 0.422 e. The van der Waals surface area contributed by atoms with Crippen LogP contribution in [0.1, 0.15) is 0 Å². The molecule has 0 bridgehead atoms. The third kappa shape index (κ3) is 2.50. The van der Waals surface area contributed by atoms with E-state index in [4.69, 9.17) is 4.74 Å². The number of fused-ring (bicyclic) bond motifs is 2. The van der Waals surface area contributed by atoms with E-state index < -0.39 is 27.5 Å². The van der Waals surface area contributed by atoms with Crippen LogP contribution in [0.4, 0.5) is 13.2 Å². The van der Waals surface area contributed by atoms with E-state index in [0.29, 0.717) is 0 Å². The summed E-state index contributed by atoms with van der Waals surface area (Å²) >= 11 is 0. The Morgan fingerprint density at radius 1 is 1.00 bits per heavy atom. The van der Waals surface area contributed by atoms with Gasteiger partial charge in [-0.25, -0.2) is 8.42 Å². The second kappa shape index (κ2) is 4.91. The zero-order chi connectivity index (χ0) is 16.0. The Morgan fingerprint density at radius 2 is 1.68 bits per heavy atom. The lowest BCUT2D eigenvalue weighted by Crippen LogP contribution is -2.21. The number of para-hydroxylation sites is 1. The summed E-state index contributed by atoms with van der Waals surface area (Å²) in [5.74, 6) is -0.314. The molecule has 116 valence electrons. The Morgan fingerprint density at radius 3 is 2.41 bits per heavy atom. The Hall–Kier alpha value is -2.22. The van der Waals surface area contributed by atoms with Crippen LogP contribution in [-0.2, 0) is 9.84 Å². The van der Waals surface area contributed by atoms with Crippen molar-refractivity contribution < 1.29 is 31.1 Å². The van der Waals surface area contributed by atoms with E-state index in [1.54, 1.807) is 6.07 Å². The van der Waals surface area contributed by atoms with Gasteiger partial charge in [0.1, 0.15) is 22.1 Å². The van der Waals surface area contributed by atoms with Crippen molar-refractivity contribution in [1.29, 1.82) is 0 Å². The zero-order valence-corrected chi connectivity index (χ0v) is 11.7. The van der Waals surface area contributed by atoms with Crippen LogP contribution < -0.4 is 9.47 Å². The summed E-state index contributed by atoms with van der Waals surface area (Å²) in [7, 11) is -4.02. The van der Waals surface area contributed by atoms with Crippen LogP contribution >= 0.6 is 0 Å². The van der Waals surface area contributed by atoms with Gasteiger partial charge in [0.2, 0.25) is 9.84 Å². The van der Waals surface area contributed by atoms with Crippen molar-refractivity contribution in [2.45, 2.75) is 16.0 Å². The van der Waals surface area contributed by atoms with Crippen LogP contribution in [0.5, 0.6) is 17.2 Å². The van der Waals surface area contributed by atoms with Gasteiger partial charge in [-0.3, -0.25) is 0 Å². The molecule has 3 rings (SSSR count). The van der Waals surface area contributed by atoms with Crippen molar-refractivity contribution in [3.63, 3.8) is 0 Å². The number of benzene rings is 2. The highest BCUT2D eigenvalue weighted by Crippen LogP contribution is 2.46. The monoisotopic (exact) mass is 330 g/mol. The minimum atomic E-state index is -4.57. The van der Waals surface area contributed by atoms with E-state index in [0.717, 1.165) is 0 Å². The van der Waals surface area contributed by atoms with Crippen molar-refractivity contribution in [1.82, 2.24) is 0 Å². The molecule has 1 aliphatic heterocycles. The van der Waals surface area contributed by atoms with Crippen LogP contribution in [0.25, 0.3) is 0 Å². The quantitative estimate of drug-likeness (QED) is 0.721. The molecule has 0 aromatic heterocycles. The number of halogens is 3. The molecule has 0 atom stereocenters. The third-order valence-corrected chi connectivity index (χ3v) is 4.82. The summed E-state index contributed by atoms with van der Waals surface area (Å²) in [5, 5.41) is 0. The number of hydrogen-bond donors (Lipinski definition) is 0. The summed E-state index contributed by atoms with van der Waals surface area (Å²) in [5.41, 5.74) is 0. The van der Waals surface area contributed by atoms with E-state index in [9.17, 15) is 21.6 Å². The van der Waals surface area contributed by atoms with Crippen molar-refractivity contribution in [2.75, 3.05) is 6.61 Å². The van der Waals surface area contributed by atoms with Gasteiger partial charge in [0, 0.05) is 0 Å². The molecule has 0 amide bonds. The van der Waals surface area contributed by atoms with Crippen LogP contribution in [0.2, 0.25) is 0 Å². The number of rotatable bonds is 2. The highest BCUT2D eigenvalue weighted by atomic mass is 32.2. The minimum absolute atomic E-state index is 0.0571. The topological polar surface area (TPSA) is 52.6 Å². The lowest BCUT2D eigenvalue weighted by atomic mass is 10.3. The maximum atomic E-state index is 12.6. The van der Waals surface area contributed by atoms with Gasteiger partial charge in [0.15, 0.2) is 11.5 Å². The molecule has 2 aromatic carbocycles. The van der Waals surface area contributed by atoms with Gasteiger partial charge >= 0.3 is 6.18 Å². The zero-order valence-electron chi connectivity index (χ0n) is 10.9. The maximum Gasteiger partial charge on any atom is 0.422 e. The number of sulfone groups is 1. The van der Waals surface area contributed by atoms with Crippen molar-refractivity contribution in [3.8, 4) is 17.2 Å². The third-order valence-electron chi connectivity index (χ3n) is 2.96. The average Bonchev–Trinajstić information content (AvgIpc) is 2.44. The number of ether oxygens (including phenoxy) is 2. The predicted octanol–water partition coefficient (Wildman–Crippen LogP) is 3.57. The highest BCUT2D eigenvalue weighted by molar-refractivity contribution is 7.91. The summed E-state index contributed by atoms with van der Waals surface area (Å²) in [6.45, 7) is -1.58. The Bertz CT molecular complexity index is 828. The van der Waals surface area contributed by atoms with Crippen molar-refractivity contribution >= 4 is 9.84 Å². The molecular formula is C14H9F3O4S. The minimum Gasteiger partial charge on any atom is -0.483 e. The van der Waals surface area contributed by atoms with Gasteiger partial charge in [-0.1, -0.05) is 18.2 Å². The van der Waals surface area contributed by atoms with E-state index in [1.807, 2.05) is 0 Å². The van der Waals surface area contributed by atoms with Gasteiger partial charge < -0.3 is 9.47 Å². The molecule has 0 unspecified atom stereocenters. The predicted molar refractivity (Wildman–Crippen MR) is 70.0 cm³/mol. The molecule has 22 heavy (non-hydrogen) atoms. The van der Waals surface area contributed by atoms with Crippen LogP contribution in [0.3, 0.4) is 0 Å². The number of alkyl halides is 3. The summed E-state index contributed by atoms with van der Waals surface area (Å²) in [6.07, 6.45) is -4.57. The SMILES string of the molecule is O=S1(=O)c2ccccc2Oc2cccc(OCC(F)(F)F)c21. The van der Waals surface area contributed by atoms with Gasteiger partial charge in [-0.05, 0) is 24.3 Å². The summed E-state index contributed by atoms with van der Waals surface area (Å²) < 4.78 is 72.2. The average molecular weight is 330 g/mol. The van der Waals surface area contributed by atoms with Gasteiger partial charge in [0.25, 0.3) is 0 Å². The van der Waals surface area contributed by atoms with Crippen molar-refractivity contribution in [3.05, 3.63) is 42.5 Å². The van der Waals surface area contributed by atoms with E-state index in [2.05, 4.69) is 4.74 Å². The van der Waals surface area contributed by atoms with Crippen LogP contribution in [0, 0.1) is 0 Å². The molecule has 0 spiro atoms. The van der Waals surface area contributed by atoms with Crippen LogP contribution in [0.15, 0.2) is 52.3 Å². The Labute approximate surface area is 124 Å². The van der Waals surface area contributed by atoms with E-state index >= 15 is 0 Å². The first kappa shape index (κ1) is 14.7. The first-order chi connectivity index (χ1) is 10.3. The fraction of sp³-hybridized carbons (Fsp3) is 0.143. The molecule has 0 aliphatic carbocycles. The largest absolute Gasteiger partial charge is 0.483 e. The molecule has 4 nitrogen and oxygen atoms in total. The Kier molecular flexibility index (Phi) is 3.28. The molecule has 1 aliphatic rings. The molecule has 0 N–H and O–H groups in total. The molecule has 1 heterocycles. The van der Waals surface area contributed by atoms with Gasteiger partial charge in [-0.2, -0.15) is 13.2 Å². The Balaban J connectivity index is 2.11. The van der Waals surface area contributed by atoms with Gasteiger partial charge in [0.05, 0.1) is 0 Å². The maximum absolute atomic E-state index is 12.6. The summed E-state index contributed by atoms with van der Waals surface area (Å²) in [6, 6.07) is 9.80. The molecule has 0 fully saturated rings. The first-order valence-electron chi connectivity index (χ1n) is 6.13. The second-order valence-corrected chi connectivity index (χ2v) is 6.39. The normalized spacial score (nSPS) is 15.4. The standard InChI is InChI=1S/C14H9F3O4S/c15-14(16,17)8-20-10-5-3-6-11-13(10)22(18,19)12-7-2-1-4-9(12)21-11/h1-7H,8H2. The fourth-order valence-electron chi connectivity index (χ4n) is 2.10. The van der Waals surface area contributed by atoms with Crippen LogP contribution in [-0.4, -0.2) is 21.2 Å². The molecule has 2 aromatic rings. The van der Waals surface area contributed by atoms with E-state index in [1.165, 1.54) is 36.4 Å². The van der Waals surface area contributed by atoms with Gasteiger partial charge in [-0.15, -0.1) is 0 Å². The molecule has 0 saturated heterocycles. The lowest BCUT2D eigenvalue weighted by molar-refractivity contribution is -0.153. The fourth-order valence-corrected chi connectivity index (χ4v) is 3.72. The lowest BCUT2D eigenvalue weighted by Gasteiger charge is -2.22. The molecule has 8 heteroatoms. The highest BCUT2D eigenvalue weighted by Gasteiger charge is 2.36. The molecule has 0 radical (unpaired) electrons. The molecule has 0 saturated carbocycles. The second-order valence-electron chi connectivity index (χ2n) is 4.54. The van der Waals surface area contributed by atoms with E-state index in [-0.39, 0.29) is 22.1 Å². The first-order valence-corrected chi connectivity index (χ1v) is 7.62. The molecular weight excluding hydrogens is 321 g/mol. The number of hydrogen-bond acceptors (Lipinski definition) is 4. The summed E-state index contributed by atoms with van der Waals surface area (Å²) in [4.78, 5) is -0.497. The van der Waals surface area contributed by atoms with Crippen molar-refractivity contribution in [2.24, 2.45) is 0 Å².